The number of guanidine groups is 1. The van der Waals surface area contributed by atoms with Gasteiger partial charge in [-0.05, 0) is 19.3 Å². The topological polar surface area (TPSA) is 47.9 Å². The van der Waals surface area contributed by atoms with Crippen LogP contribution in [0.2, 0.25) is 0 Å². The largest absolute Gasteiger partial charge is 0.355 e. The maximum absolute atomic E-state index is 12.7. The number of nitrogens with one attached hydrogen (secondary N) is 1. The van der Waals surface area contributed by atoms with Crippen molar-refractivity contribution in [2.45, 2.75) is 44.3 Å². The van der Waals surface area contributed by atoms with Crippen LogP contribution >= 0.6 is 35.7 Å². The monoisotopic (exact) mass is 468 g/mol. The Hall–Kier alpha value is -0.180. The highest BCUT2D eigenvalue weighted by Gasteiger charge is 2.42. The number of carbonyl (C=O) groups is 1. The van der Waals surface area contributed by atoms with E-state index < -0.39 is 0 Å². The van der Waals surface area contributed by atoms with Gasteiger partial charge in [-0.1, -0.05) is 19.8 Å². The Morgan fingerprint density at radius 3 is 2.58 bits per heavy atom. The van der Waals surface area contributed by atoms with Crippen molar-refractivity contribution >= 4 is 47.6 Å². The number of nitrogens with zero attached hydrogens (tertiary/aromatic N) is 3. The molecular weight excluding hydrogens is 435 g/mol. The molecule has 0 radical (unpaired) electrons. The predicted molar refractivity (Wildman–Crippen MR) is 114 cm³/mol. The van der Waals surface area contributed by atoms with E-state index in [2.05, 4.69) is 33.9 Å². The van der Waals surface area contributed by atoms with Crippen LogP contribution in [0.15, 0.2) is 4.99 Å². The fourth-order valence-corrected chi connectivity index (χ4v) is 4.91. The summed E-state index contributed by atoms with van der Waals surface area (Å²) in [5.41, 5.74) is -0.242. The lowest BCUT2D eigenvalue weighted by Crippen LogP contribution is -2.52. The Balaban J connectivity index is 0.00000288. The second-order valence-corrected chi connectivity index (χ2v) is 8.34. The zero-order valence-electron chi connectivity index (χ0n) is 15.5. The lowest BCUT2D eigenvalue weighted by molar-refractivity contribution is -0.138. The van der Waals surface area contributed by atoms with Crippen LogP contribution in [0.5, 0.6) is 0 Å². The van der Waals surface area contributed by atoms with E-state index in [4.69, 9.17) is 0 Å². The molecule has 1 heterocycles. The minimum Gasteiger partial charge on any atom is -0.355 e. The number of thioether (sulfide) groups is 1. The molecule has 0 aromatic heterocycles. The van der Waals surface area contributed by atoms with Crippen LogP contribution in [0.1, 0.15) is 39.0 Å². The van der Waals surface area contributed by atoms with Crippen molar-refractivity contribution < 1.29 is 4.79 Å². The van der Waals surface area contributed by atoms with Gasteiger partial charge in [0, 0.05) is 51.8 Å². The molecular formula is C17H33IN4OS. The number of amides is 1. The van der Waals surface area contributed by atoms with Gasteiger partial charge in [0.2, 0.25) is 5.91 Å². The summed E-state index contributed by atoms with van der Waals surface area (Å²) in [6.45, 7) is 5.04. The quantitative estimate of drug-likeness (QED) is 0.392. The predicted octanol–water partition coefficient (Wildman–Crippen LogP) is 2.66. The first-order valence-corrected chi connectivity index (χ1v) is 9.86. The summed E-state index contributed by atoms with van der Waals surface area (Å²) in [6.07, 6.45) is 5.47. The first kappa shape index (κ1) is 21.9. The molecule has 1 saturated heterocycles. The Morgan fingerprint density at radius 1 is 1.38 bits per heavy atom. The molecule has 0 aromatic carbocycles. The van der Waals surface area contributed by atoms with Crippen LogP contribution in [-0.4, -0.2) is 73.4 Å². The highest BCUT2D eigenvalue weighted by Crippen LogP contribution is 2.39. The summed E-state index contributed by atoms with van der Waals surface area (Å²) in [6, 6.07) is 0. The SMILES string of the molecule is CCC1CN(C(=NC)NCC2(C(=O)N(C)C)CCCC2)CCS1.I. The molecule has 24 heavy (non-hydrogen) atoms. The third-order valence-corrected chi connectivity index (χ3v) is 6.48. The van der Waals surface area contributed by atoms with Crippen molar-refractivity contribution in [1.82, 2.24) is 15.1 Å². The van der Waals surface area contributed by atoms with E-state index in [1.54, 1.807) is 4.90 Å². The van der Waals surface area contributed by atoms with E-state index in [9.17, 15) is 4.79 Å². The number of hydrogen-bond acceptors (Lipinski definition) is 3. The number of halogens is 1. The number of hydrogen-bond donors (Lipinski definition) is 1. The van der Waals surface area contributed by atoms with Gasteiger partial charge >= 0.3 is 0 Å². The summed E-state index contributed by atoms with van der Waals surface area (Å²) in [4.78, 5) is 21.3. The molecule has 7 heteroatoms. The zero-order valence-corrected chi connectivity index (χ0v) is 18.7. The van der Waals surface area contributed by atoms with Crippen molar-refractivity contribution in [1.29, 1.82) is 0 Å². The van der Waals surface area contributed by atoms with Gasteiger partial charge in [0.1, 0.15) is 0 Å². The highest BCUT2D eigenvalue weighted by molar-refractivity contribution is 14.0. The van der Waals surface area contributed by atoms with Crippen molar-refractivity contribution in [2.24, 2.45) is 10.4 Å². The zero-order chi connectivity index (χ0) is 16.9. The lowest BCUT2D eigenvalue weighted by atomic mass is 9.84. The van der Waals surface area contributed by atoms with Crippen molar-refractivity contribution in [3.8, 4) is 0 Å². The molecule has 0 spiro atoms. The third kappa shape index (κ3) is 5.16. The average molecular weight is 468 g/mol. The second kappa shape index (κ2) is 10.1. The van der Waals surface area contributed by atoms with Gasteiger partial charge in [0.25, 0.3) is 0 Å². The molecule has 1 aliphatic heterocycles. The van der Waals surface area contributed by atoms with E-state index in [1.807, 2.05) is 21.1 Å². The number of rotatable bonds is 4. The van der Waals surface area contributed by atoms with Crippen molar-refractivity contribution in [3.05, 3.63) is 0 Å². The molecule has 1 atom stereocenters. The molecule has 1 saturated carbocycles. The Labute approximate surface area is 168 Å². The summed E-state index contributed by atoms with van der Waals surface area (Å²) in [7, 11) is 5.58. The summed E-state index contributed by atoms with van der Waals surface area (Å²) < 4.78 is 0. The molecule has 2 aliphatic rings. The second-order valence-electron chi connectivity index (χ2n) is 6.93. The molecule has 2 fully saturated rings. The molecule has 0 aromatic rings. The van der Waals surface area contributed by atoms with Gasteiger partial charge in [0.05, 0.1) is 5.41 Å². The third-order valence-electron chi connectivity index (χ3n) is 5.11. The van der Waals surface area contributed by atoms with Gasteiger partial charge < -0.3 is 15.1 Å². The molecule has 1 amide bonds. The van der Waals surface area contributed by atoms with Gasteiger partial charge in [-0.15, -0.1) is 24.0 Å². The fraction of sp³-hybridized carbons (Fsp3) is 0.882. The maximum atomic E-state index is 12.7. The Bertz CT molecular complexity index is 438. The highest BCUT2D eigenvalue weighted by atomic mass is 127. The lowest BCUT2D eigenvalue weighted by Gasteiger charge is -2.36. The summed E-state index contributed by atoms with van der Waals surface area (Å²) >= 11 is 2.06. The van der Waals surface area contributed by atoms with Crippen LogP contribution in [0.25, 0.3) is 0 Å². The number of carbonyl (C=O) groups excluding carboxylic acids is 1. The van der Waals surface area contributed by atoms with Crippen molar-refractivity contribution in [3.63, 3.8) is 0 Å². The minimum atomic E-state index is -0.242. The van der Waals surface area contributed by atoms with E-state index in [0.29, 0.717) is 11.8 Å². The maximum Gasteiger partial charge on any atom is 0.230 e. The fourth-order valence-electron chi connectivity index (χ4n) is 3.73. The molecule has 1 N–H and O–H groups in total. The van der Waals surface area contributed by atoms with E-state index in [1.165, 1.54) is 6.42 Å². The number of aliphatic imine (C=N–C) groups is 1. The van der Waals surface area contributed by atoms with Crippen LogP contribution < -0.4 is 5.32 Å². The van der Waals surface area contributed by atoms with E-state index in [-0.39, 0.29) is 35.3 Å². The molecule has 2 rings (SSSR count). The average Bonchev–Trinajstić information content (AvgIpc) is 3.05. The van der Waals surface area contributed by atoms with Gasteiger partial charge in [-0.25, -0.2) is 0 Å². The van der Waals surface area contributed by atoms with Crippen molar-refractivity contribution in [2.75, 3.05) is 46.5 Å². The first-order valence-electron chi connectivity index (χ1n) is 8.81. The van der Waals surface area contributed by atoms with Crippen LogP contribution in [0.4, 0.5) is 0 Å². The van der Waals surface area contributed by atoms with Crippen LogP contribution in [-0.2, 0) is 4.79 Å². The van der Waals surface area contributed by atoms with E-state index in [0.717, 1.165) is 50.5 Å². The smallest absolute Gasteiger partial charge is 0.230 e. The molecule has 1 aliphatic carbocycles. The van der Waals surface area contributed by atoms with E-state index >= 15 is 0 Å². The van der Waals surface area contributed by atoms with Gasteiger partial charge in [-0.3, -0.25) is 9.79 Å². The Morgan fingerprint density at radius 2 is 2.04 bits per heavy atom. The molecule has 1 unspecified atom stereocenters. The van der Waals surface area contributed by atoms with Gasteiger partial charge in [-0.2, -0.15) is 11.8 Å². The molecule has 5 nitrogen and oxygen atoms in total. The molecule has 0 bridgehead atoms. The standard InChI is InChI=1S/C17H32N4OS.HI/c1-5-14-12-21(10-11-23-14)16(18-2)19-13-17(8-6-7-9-17)15(22)20(3)4;/h14H,5-13H2,1-4H3,(H,18,19);1H. The molecule has 140 valence electrons. The van der Waals surface area contributed by atoms with Gasteiger partial charge in [0.15, 0.2) is 5.96 Å². The summed E-state index contributed by atoms with van der Waals surface area (Å²) in [5, 5.41) is 4.21. The minimum absolute atomic E-state index is 0. The normalized spacial score (nSPS) is 23.6. The first-order chi connectivity index (χ1) is 11.0. The Kier molecular flexibility index (Phi) is 9.19. The van der Waals surface area contributed by atoms with Crippen LogP contribution in [0, 0.1) is 5.41 Å². The van der Waals surface area contributed by atoms with Crippen LogP contribution in [0.3, 0.4) is 0 Å². The summed E-state index contributed by atoms with van der Waals surface area (Å²) in [5.74, 6) is 2.38.